The summed E-state index contributed by atoms with van der Waals surface area (Å²) in [5, 5.41) is 17.0. The van der Waals surface area contributed by atoms with Crippen molar-refractivity contribution < 1.29 is 14.5 Å². The van der Waals surface area contributed by atoms with Gasteiger partial charge in [-0.05, 0) is 17.9 Å². The monoisotopic (exact) mass is 388 g/mol. The average molecular weight is 388 g/mol. The Labute approximate surface area is 160 Å². The van der Waals surface area contributed by atoms with Crippen molar-refractivity contribution in [3.05, 3.63) is 45.0 Å². The van der Waals surface area contributed by atoms with Gasteiger partial charge in [0.05, 0.1) is 15.5 Å². The number of Topliss-reactive ketones (excluding diaryl/α,β-unsaturated/α-hetero) is 1. The zero-order valence-electron chi connectivity index (χ0n) is 15.1. The van der Waals surface area contributed by atoms with Crippen LogP contribution >= 0.6 is 11.3 Å². The number of thiazole rings is 1. The average Bonchev–Trinajstić information content (AvgIpc) is 2.96. The zero-order chi connectivity index (χ0) is 19.6. The summed E-state index contributed by atoms with van der Waals surface area (Å²) in [4.78, 5) is 39.9. The first-order valence-electron chi connectivity index (χ1n) is 8.55. The highest BCUT2D eigenvalue weighted by molar-refractivity contribution is 7.17. The highest BCUT2D eigenvalue weighted by atomic mass is 32.1. The highest BCUT2D eigenvalue weighted by Gasteiger charge is 2.34. The minimum absolute atomic E-state index is 0.0355. The number of ketones is 1. The van der Waals surface area contributed by atoms with Gasteiger partial charge in [-0.2, -0.15) is 0 Å². The molecule has 2 N–H and O–H groups in total. The summed E-state index contributed by atoms with van der Waals surface area (Å²) in [5.74, 6) is -0.198. The van der Waals surface area contributed by atoms with Gasteiger partial charge in [0.15, 0.2) is 10.9 Å². The van der Waals surface area contributed by atoms with Crippen LogP contribution in [0.1, 0.15) is 42.1 Å². The minimum atomic E-state index is -0.471. The summed E-state index contributed by atoms with van der Waals surface area (Å²) in [6, 6.07) is 6.27. The molecule has 1 amide bonds. The first-order chi connectivity index (χ1) is 12.7. The molecule has 0 bridgehead atoms. The van der Waals surface area contributed by atoms with E-state index in [0.717, 1.165) is 5.69 Å². The van der Waals surface area contributed by atoms with Crippen LogP contribution in [0.2, 0.25) is 0 Å². The number of fused-ring (bicyclic) bond motifs is 1. The molecular formula is C18H20N4O4S. The number of para-hydroxylation sites is 2. The van der Waals surface area contributed by atoms with Gasteiger partial charge < -0.3 is 10.6 Å². The summed E-state index contributed by atoms with van der Waals surface area (Å²) in [5.41, 5.74) is 0.961. The Kier molecular flexibility index (Phi) is 5.22. The molecule has 2 aromatic rings. The summed E-state index contributed by atoms with van der Waals surface area (Å²) >= 11 is 1.21. The third kappa shape index (κ3) is 4.48. The number of carbonyl (C=O) groups excluding carboxylic acids is 2. The molecule has 1 heterocycles. The Hall–Kier alpha value is -2.81. The number of nitrogens with one attached hydrogen (secondary N) is 2. The van der Waals surface area contributed by atoms with Crippen molar-refractivity contribution >= 4 is 39.5 Å². The van der Waals surface area contributed by atoms with Gasteiger partial charge >= 0.3 is 0 Å². The predicted octanol–water partition coefficient (Wildman–Crippen LogP) is 3.65. The van der Waals surface area contributed by atoms with Gasteiger partial charge in [0, 0.05) is 25.5 Å². The third-order valence-electron chi connectivity index (χ3n) is 4.25. The predicted molar refractivity (Wildman–Crippen MR) is 103 cm³/mol. The second-order valence-corrected chi connectivity index (χ2v) is 8.23. The van der Waals surface area contributed by atoms with E-state index in [2.05, 4.69) is 15.6 Å². The van der Waals surface area contributed by atoms with Gasteiger partial charge in [-0.15, -0.1) is 0 Å². The van der Waals surface area contributed by atoms with Crippen molar-refractivity contribution in [2.45, 2.75) is 33.1 Å². The molecule has 3 rings (SSSR count). The molecule has 0 saturated heterocycles. The van der Waals surface area contributed by atoms with E-state index >= 15 is 0 Å². The van der Waals surface area contributed by atoms with Gasteiger partial charge in [-0.3, -0.25) is 19.7 Å². The molecule has 8 nitrogen and oxygen atoms in total. The second kappa shape index (κ2) is 7.43. The largest absolute Gasteiger partial charge is 0.379 e. The fourth-order valence-electron chi connectivity index (χ4n) is 3.05. The number of anilines is 2. The van der Waals surface area contributed by atoms with E-state index in [-0.39, 0.29) is 35.8 Å². The van der Waals surface area contributed by atoms with E-state index in [9.17, 15) is 19.7 Å². The van der Waals surface area contributed by atoms with Crippen molar-refractivity contribution in [2.75, 3.05) is 17.2 Å². The third-order valence-corrected chi connectivity index (χ3v) is 5.30. The summed E-state index contributed by atoms with van der Waals surface area (Å²) in [7, 11) is 0. The van der Waals surface area contributed by atoms with E-state index in [4.69, 9.17) is 0 Å². The zero-order valence-corrected chi connectivity index (χ0v) is 15.9. The quantitative estimate of drug-likeness (QED) is 0.577. The molecule has 0 fully saturated rings. The van der Waals surface area contributed by atoms with E-state index in [1.807, 2.05) is 13.8 Å². The maximum absolute atomic E-state index is 12.2. The number of aromatic nitrogens is 1. The molecule has 0 radical (unpaired) electrons. The number of nitro groups is 1. The van der Waals surface area contributed by atoms with Gasteiger partial charge in [-0.25, -0.2) is 4.98 Å². The number of nitrogens with zero attached hydrogens (tertiary/aromatic N) is 2. The SMILES string of the molecule is CC1(C)CC(=O)c2sc(NC(=O)CCNc3ccccc3[N+](=O)[O-])nc2C1. The van der Waals surface area contributed by atoms with Crippen molar-refractivity contribution in [2.24, 2.45) is 5.41 Å². The summed E-state index contributed by atoms with van der Waals surface area (Å²) in [6.45, 7) is 4.30. The number of amides is 1. The first kappa shape index (κ1) is 19.0. The Bertz CT molecular complexity index is 907. The topological polar surface area (TPSA) is 114 Å². The van der Waals surface area contributed by atoms with Gasteiger partial charge in [0.25, 0.3) is 5.69 Å². The number of hydrogen-bond acceptors (Lipinski definition) is 7. The molecule has 9 heteroatoms. The second-order valence-electron chi connectivity index (χ2n) is 7.23. The molecule has 0 unspecified atom stereocenters. The maximum Gasteiger partial charge on any atom is 0.292 e. The lowest BCUT2D eigenvalue weighted by molar-refractivity contribution is -0.384. The van der Waals surface area contributed by atoms with Crippen molar-refractivity contribution in [3.8, 4) is 0 Å². The van der Waals surface area contributed by atoms with Gasteiger partial charge in [0.1, 0.15) is 5.69 Å². The van der Waals surface area contributed by atoms with E-state index < -0.39 is 4.92 Å². The highest BCUT2D eigenvalue weighted by Crippen LogP contribution is 2.38. The molecule has 1 aliphatic rings. The Morgan fingerprint density at radius 3 is 2.81 bits per heavy atom. The lowest BCUT2D eigenvalue weighted by Crippen LogP contribution is -2.26. The van der Waals surface area contributed by atoms with E-state index in [1.54, 1.807) is 18.2 Å². The van der Waals surface area contributed by atoms with Crippen LogP contribution in [0.4, 0.5) is 16.5 Å². The van der Waals surface area contributed by atoms with Gasteiger partial charge in [-0.1, -0.05) is 37.3 Å². The molecule has 1 aromatic carbocycles. The Balaban J connectivity index is 1.57. The number of rotatable bonds is 6. The molecule has 1 aliphatic carbocycles. The normalized spacial score (nSPS) is 15.1. The fourth-order valence-corrected chi connectivity index (χ4v) is 3.98. The molecule has 0 atom stereocenters. The lowest BCUT2D eigenvalue weighted by atomic mass is 9.78. The standard InChI is InChI=1S/C18H20N4O4S/c1-18(2)9-12-16(14(23)10-18)27-17(20-12)21-15(24)7-8-19-11-5-3-4-6-13(11)22(25)26/h3-6,19H,7-10H2,1-2H3,(H,20,21,24). The van der Waals surface area contributed by atoms with E-state index in [1.165, 1.54) is 17.4 Å². The van der Waals surface area contributed by atoms with Crippen LogP contribution in [0.15, 0.2) is 24.3 Å². The number of hydrogen-bond donors (Lipinski definition) is 2. The van der Waals surface area contributed by atoms with Gasteiger partial charge in [0.2, 0.25) is 5.91 Å². The molecule has 142 valence electrons. The van der Waals surface area contributed by atoms with Crippen LogP contribution in [-0.4, -0.2) is 28.1 Å². The molecule has 0 spiro atoms. The Morgan fingerprint density at radius 2 is 2.07 bits per heavy atom. The summed E-state index contributed by atoms with van der Waals surface area (Å²) < 4.78 is 0. The number of carbonyl (C=O) groups is 2. The smallest absolute Gasteiger partial charge is 0.292 e. The van der Waals surface area contributed by atoms with Crippen LogP contribution in [0.3, 0.4) is 0 Å². The van der Waals surface area contributed by atoms with Crippen LogP contribution in [0.5, 0.6) is 0 Å². The van der Waals surface area contributed by atoms with Crippen molar-refractivity contribution in [3.63, 3.8) is 0 Å². The summed E-state index contributed by atoms with van der Waals surface area (Å²) in [6.07, 6.45) is 1.31. The molecule has 27 heavy (non-hydrogen) atoms. The van der Waals surface area contributed by atoms with Crippen molar-refractivity contribution in [1.82, 2.24) is 4.98 Å². The number of nitro benzene ring substituents is 1. The molecular weight excluding hydrogens is 368 g/mol. The van der Waals surface area contributed by atoms with Crippen LogP contribution in [-0.2, 0) is 11.2 Å². The maximum atomic E-state index is 12.2. The van der Waals surface area contributed by atoms with Crippen LogP contribution in [0.25, 0.3) is 0 Å². The molecule has 0 aliphatic heterocycles. The van der Waals surface area contributed by atoms with Crippen LogP contribution in [0, 0.1) is 15.5 Å². The lowest BCUT2D eigenvalue weighted by Gasteiger charge is -2.26. The fraction of sp³-hybridized carbons (Fsp3) is 0.389. The number of benzene rings is 1. The van der Waals surface area contributed by atoms with Crippen molar-refractivity contribution in [1.29, 1.82) is 0 Å². The van der Waals surface area contributed by atoms with E-state index in [0.29, 0.717) is 28.5 Å². The first-order valence-corrected chi connectivity index (χ1v) is 9.37. The Morgan fingerprint density at radius 1 is 1.33 bits per heavy atom. The molecule has 0 saturated carbocycles. The molecule has 1 aromatic heterocycles. The minimum Gasteiger partial charge on any atom is -0.379 e. The van der Waals surface area contributed by atoms with Crippen LogP contribution < -0.4 is 10.6 Å².